The van der Waals surface area contributed by atoms with E-state index >= 15 is 0 Å². The molecule has 0 saturated heterocycles. The number of aliphatic hydroxyl groups excluding tert-OH is 1. The van der Waals surface area contributed by atoms with Gasteiger partial charge in [-0.2, -0.15) is 0 Å². The number of H-pyrrole nitrogens is 1. The fraction of sp³-hybridized carbons (Fsp3) is 0.154. The smallest absolute Gasteiger partial charge is 0.268 e. The molecule has 0 aliphatic rings. The predicted octanol–water partition coefficient (Wildman–Crippen LogP) is 2.27. The molecule has 0 bridgehead atoms. The van der Waals surface area contributed by atoms with Crippen molar-refractivity contribution in [2.75, 3.05) is 6.61 Å². The van der Waals surface area contributed by atoms with E-state index in [2.05, 4.69) is 10.3 Å². The minimum Gasteiger partial charge on any atom is -0.394 e. The third-order valence-electron chi connectivity index (χ3n) is 2.68. The van der Waals surface area contributed by atoms with Crippen molar-refractivity contribution in [3.8, 4) is 0 Å². The molecule has 1 atom stereocenters. The van der Waals surface area contributed by atoms with E-state index in [0.717, 1.165) is 0 Å². The molecule has 0 radical (unpaired) electrons. The van der Waals surface area contributed by atoms with Gasteiger partial charge in [-0.05, 0) is 29.8 Å². The normalized spacial score (nSPS) is 12.2. The van der Waals surface area contributed by atoms with Crippen molar-refractivity contribution in [3.63, 3.8) is 0 Å². The van der Waals surface area contributed by atoms with E-state index in [1.807, 2.05) is 0 Å². The first-order valence-electron chi connectivity index (χ1n) is 5.62. The van der Waals surface area contributed by atoms with Crippen molar-refractivity contribution in [1.29, 1.82) is 0 Å². The molecule has 100 valence electrons. The molecule has 0 spiro atoms. The number of halogens is 2. The maximum Gasteiger partial charge on any atom is 0.268 e. The second-order valence-electron chi connectivity index (χ2n) is 3.97. The van der Waals surface area contributed by atoms with Crippen LogP contribution in [0.2, 0.25) is 5.02 Å². The Morgan fingerprint density at radius 2 is 2.26 bits per heavy atom. The molecule has 0 aliphatic heterocycles. The average molecular weight is 283 g/mol. The van der Waals surface area contributed by atoms with E-state index in [4.69, 9.17) is 11.6 Å². The summed E-state index contributed by atoms with van der Waals surface area (Å²) in [6, 6.07) is 6.73. The number of rotatable bonds is 4. The van der Waals surface area contributed by atoms with Gasteiger partial charge in [-0.15, -0.1) is 0 Å². The van der Waals surface area contributed by atoms with Crippen molar-refractivity contribution < 1.29 is 14.3 Å². The van der Waals surface area contributed by atoms with Crippen molar-refractivity contribution in [3.05, 3.63) is 58.6 Å². The zero-order valence-corrected chi connectivity index (χ0v) is 10.6. The molecular formula is C13H12ClFN2O2. The van der Waals surface area contributed by atoms with Gasteiger partial charge < -0.3 is 15.4 Å². The van der Waals surface area contributed by atoms with Crippen LogP contribution in [0.4, 0.5) is 4.39 Å². The fourth-order valence-corrected chi connectivity index (χ4v) is 1.79. The summed E-state index contributed by atoms with van der Waals surface area (Å²) in [4.78, 5) is 14.6. The number of hydrogen-bond donors (Lipinski definition) is 3. The summed E-state index contributed by atoms with van der Waals surface area (Å²) in [6.45, 7) is -0.340. The zero-order valence-electron chi connectivity index (χ0n) is 9.86. The van der Waals surface area contributed by atoms with Crippen LogP contribution in [0.5, 0.6) is 0 Å². The molecule has 2 rings (SSSR count). The van der Waals surface area contributed by atoms with Gasteiger partial charge in [-0.1, -0.05) is 17.7 Å². The largest absolute Gasteiger partial charge is 0.394 e. The lowest BCUT2D eigenvalue weighted by atomic mass is 10.1. The lowest BCUT2D eigenvalue weighted by molar-refractivity contribution is 0.0911. The Hall–Kier alpha value is -1.85. The molecular weight excluding hydrogens is 271 g/mol. The number of aromatic amines is 1. The zero-order chi connectivity index (χ0) is 13.8. The van der Waals surface area contributed by atoms with Gasteiger partial charge in [0.25, 0.3) is 5.91 Å². The third-order valence-corrected chi connectivity index (χ3v) is 2.98. The van der Waals surface area contributed by atoms with Gasteiger partial charge in [0, 0.05) is 6.20 Å². The highest BCUT2D eigenvalue weighted by Crippen LogP contribution is 2.20. The van der Waals surface area contributed by atoms with Gasteiger partial charge in [-0.25, -0.2) is 4.39 Å². The van der Waals surface area contributed by atoms with Crippen LogP contribution < -0.4 is 5.32 Å². The van der Waals surface area contributed by atoms with Gasteiger partial charge in [-0.3, -0.25) is 4.79 Å². The first kappa shape index (κ1) is 13.6. The Bertz CT molecular complexity index is 572. The highest BCUT2D eigenvalue weighted by Gasteiger charge is 2.16. The number of amides is 1. The fourth-order valence-electron chi connectivity index (χ4n) is 1.67. The summed E-state index contributed by atoms with van der Waals surface area (Å²) in [6.07, 6.45) is 1.62. The minimum atomic E-state index is -0.692. The topological polar surface area (TPSA) is 65.1 Å². The Morgan fingerprint density at radius 1 is 1.47 bits per heavy atom. The maximum atomic E-state index is 13.4. The van der Waals surface area contributed by atoms with Crippen LogP contribution >= 0.6 is 11.6 Å². The summed E-state index contributed by atoms with van der Waals surface area (Å²) in [5.74, 6) is -0.967. The standard InChI is InChI=1S/C13H12ClFN2O2/c14-9-4-3-8(6-10(9)15)12(7-18)17-13(19)11-2-1-5-16-11/h1-6,12,16,18H,7H2,(H,17,19)/t12-/m1/s1. The molecule has 1 aromatic carbocycles. The first-order valence-corrected chi connectivity index (χ1v) is 5.99. The second kappa shape index (κ2) is 5.86. The number of carbonyl (C=O) groups is 1. The van der Waals surface area contributed by atoms with Crippen molar-refractivity contribution >= 4 is 17.5 Å². The Labute approximate surface area is 114 Å². The second-order valence-corrected chi connectivity index (χ2v) is 4.37. The van der Waals surface area contributed by atoms with Crippen LogP contribution in [0.3, 0.4) is 0 Å². The molecule has 3 N–H and O–H groups in total. The molecule has 19 heavy (non-hydrogen) atoms. The summed E-state index contributed by atoms with van der Waals surface area (Å²) in [5, 5.41) is 11.9. The van der Waals surface area contributed by atoms with Gasteiger partial charge >= 0.3 is 0 Å². The van der Waals surface area contributed by atoms with Crippen molar-refractivity contribution in [2.45, 2.75) is 6.04 Å². The van der Waals surface area contributed by atoms with Gasteiger partial charge in [0.2, 0.25) is 0 Å². The van der Waals surface area contributed by atoms with E-state index in [-0.39, 0.29) is 17.5 Å². The molecule has 0 aliphatic carbocycles. The van der Waals surface area contributed by atoms with Crippen molar-refractivity contribution in [1.82, 2.24) is 10.3 Å². The van der Waals surface area contributed by atoms with Crippen LogP contribution in [0, 0.1) is 5.82 Å². The van der Waals surface area contributed by atoms with Crippen LogP contribution in [0.1, 0.15) is 22.1 Å². The average Bonchev–Trinajstić information content (AvgIpc) is 2.93. The Kier molecular flexibility index (Phi) is 4.19. The lowest BCUT2D eigenvalue weighted by Gasteiger charge is -2.16. The van der Waals surface area contributed by atoms with E-state index in [1.165, 1.54) is 12.1 Å². The molecule has 6 heteroatoms. The van der Waals surface area contributed by atoms with Gasteiger partial charge in [0.05, 0.1) is 17.7 Å². The van der Waals surface area contributed by atoms with E-state index in [0.29, 0.717) is 11.3 Å². The van der Waals surface area contributed by atoms with Crippen LogP contribution in [-0.2, 0) is 0 Å². The number of carbonyl (C=O) groups excluding carboxylic acids is 1. The van der Waals surface area contributed by atoms with Gasteiger partial charge in [0.15, 0.2) is 0 Å². The number of benzene rings is 1. The molecule has 1 amide bonds. The highest BCUT2D eigenvalue weighted by molar-refractivity contribution is 6.30. The summed E-state index contributed by atoms with van der Waals surface area (Å²) in [5.41, 5.74) is 0.817. The minimum absolute atomic E-state index is 0.00358. The van der Waals surface area contributed by atoms with E-state index < -0.39 is 11.9 Å². The number of aliphatic hydroxyl groups is 1. The molecule has 0 unspecified atom stereocenters. The first-order chi connectivity index (χ1) is 9.11. The summed E-state index contributed by atoms with van der Waals surface area (Å²) in [7, 11) is 0. The monoisotopic (exact) mass is 282 g/mol. The molecule has 1 heterocycles. The van der Waals surface area contributed by atoms with Crippen LogP contribution in [-0.4, -0.2) is 22.6 Å². The maximum absolute atomic E-state index is 13.4. The predicted molar refractivity (Wildman–Crippen MR) is 69.5 cm³/mol. The van der Waals surface area contributed by atoms with Gasteiger partial charge in [0.1, 0.15) is 11.5 Å². The highest BCUT2D eigenvalue weighted by atomic mass is 35.5. The van der Waals surface area contributed by atoms with E-state index in [9.17, 15) is 14.3 Å². The SMILES string of the molecule is O=C(N[C@H](CO)c1ccc(Cl)c(F)c1)c1ccc[nH]1. The number of aromatic nitrogens is 1. The Balaban J connectivity index is 2.16. The number of nitrogens with one attached hydrogen (secondary N) is 2. The van der Waals surface area contributed by atoms with E-state index in [1.54, 1.807) is 24.4 Å². The summed E-state index contributed by atoms with van der Waals surface area (Å²) < 4.78 is 13.4. The lowest BCUT2D eigenvalue weighted by Crippen LogP contribution is -2.31. The quantitative estimate of drug-likeness (QED) is 0.805. The third kappa shape index (κ3) is 3.13. The molecule has 1 aromatic heterocycles. The molecule has 4 nitrogen and oxygen atoms in total. The molecule has 0 fully saturated rings. The van der Waals surface area contributed by atoms with Crippen LogP contribution in [0.15, 0.2) is 36.5 Å². The van der Waals surface area contributed by atoms with Crippen molar-refractivity contribution in [2.24, 2.45) is 0 Å². The molecule has 0 saturated carbocycles. The summed E-state index contributed by atoms with van der Waals surface area (Å²) >= 11 is 5.59. The number of hydrogen-bond acceptors (Lipinski definition) is 2. The Morgan fingerprint density at radius 3 is 2.84 bits per heavy atom. The van der Waals surface area contributed by atoms with Crippen LogP contribution in [0.25, 0.3) is 0 Å². The molecule has 2 aromatic rings.